The normalized spacial score (nSPS) is 22.4. The van der Waals surface area contributed by atoms with Gasteiger partial charge in [-0.3, -0.25) is 14.5 Å². The van der Waals surface area contributed by atoms with Gasteiger partial charge in [-0.25, -0.2) is 0 Å². The number of nitrogens with one attached hydrogen (secondary N) is 1. The summed E-state index contributed by atoms with van der Waals surface area (Å²) in [7, 11) is 0. The van der Waals surface area contributed by atoms with Gasteiger partial charge in [-0.05, 0) is 13.3 Å². The average molecular weight is 228 g/mol. The smallest absolute Gasteiger partial charge is 0.320 e. The molecule has 1 amide bonds. The SMILES string of the molecule is CCOC(=O)CN1CCC(=O)NC[C@H]1CC. The molecule has 5 nitrogen and oxygen atoms in total. The van der Waals surface area contributed by atoms with E-state index in [4.69, 9.17) is 4.74 Å². The van der Waals surface area contributed by atoms with Crippen LogP contribution in [0.5, 0.6) is 0 Å². The van der Waals surface area contributed by atoms with Crippen molar-refractivity contribution in [1.82, 2.24) is 10.2 Å². The Hall–Kier alpha value is -1.10. The van der Waals surface area contributed by atoms with E-state index in [1.807, 2.05) is 4.90 Å². The van der Waals surface area contributed by atoms with Gasteiger partial charge in [-0.15, -0.1) is 0 Å². The number of nitrogens with zero attached hydrogens (tertiary/aromatic N) is 1. The number of hydrogen-bond acceptors (Lipinski definition) is 4. The summed E-state index contributed by atoms with van der Waals surface area (Å²) in [5.41, 5.74) is 0. The van der Waals surface area contributed by atoms with Gasteiger partial charge in [0.1, 0.15) is 0 Å². The third-order valence-corrected chi connectivity index (χ3v) is 2.79. The van der Waals surface area contributed by atoms with E-state index in [1.54, 1.807) is 6.92 Å². The fraction of sp³-hybridized carbons (Fsp3) is 0.818. The maximum absolute atomic E-state index is 11.4. The van der Waals surface area contributed by atoms with Crippen LogP contribution in [0.15, 0.2) is 0 Å². The molecule has 0 aromatic rings. The molecule has 0 bridgehead atoms. The van der Waals surface area contributed by atoms with E-state index in [-0.39, 0.29) is 24.5 Å². The van der Waals surface area contributed by atoms with Crippen molar-refractivity contribution in [3.8, 4) is 0 Å². The van der Waals surface area contributed by atoms with E-state index < -0.39 is 0 Å². The largest absolute Gasteiger partial charge is 0.465 e. The Morgan fingerprint density at radius 3 is 2.94 bits per heavy atom. The van der Waals surface area contributed by atoms with Crippen molar-refractivity contribution in [3.63, 3.8) is 0 Å². The molecule has 1 rings (SSSR count). The molecule has 0 spiro atoms. The van der Waals surface area contributed by atoms with E-state index in [1.165, 1.54) is 0 Å². The first kappa shape index (κ1) is 13.0. The molecule has 1 fully saturated rings. The van der Waals surface area contributed by atoms with Crippen LogP contribution in [0.3, 0.4) is 0 Å². The number of carbonyl (C=O) groups excluding carboxylic acids is 2. The second-order valence-corrected chi connectivity index (χ2v) is 3.89. The minimum atomic E-state index is -0.213. The summed E-state index contributed by atoms with van der Waals surface area (Å²) < 4.78 is 4.92. The van der Waals surface area contributed by atoms with Gasteiger partial charge < -0.3 is 10.1 Å². The molecule has 0 saturated carbocycles. The van der Waals surface area contributed by atoms with Gasteiger partial charge in [0.2, 0.25) is 5.91 Å². The molecule has 1 aliphatic rings. The number of hydrogen-bond donors (Lipinski definition) is 1. The van der Waals surface area contributed by atoms with Crippen molar-refractivity contribution >= 4 is 11.9 Å². The lowest BCUT2D eigenvalue weighted by Gasteiger charge is -2.27. The monoisotopic (exact) mass is 228 g/mol. The van der Waals surface area contributed by atoms with Gasteiger partial charge in [0.25, 0.3) is 0 Å². The van der Waals surface area contributed by atoms with Crippen molar-refractivity contribution in [1.29, 1.82) is 0 Å². The van der Waals surface area contributed by atoms with E-state index in [0.717, 1.165) is 6.42 Å². The van der Waals surface area contributed by atoms with Gasteiger partial charge in [-0.1, -0.05) is 6.92 Å². The first-order chi connectivity index (χ1) is 7.67. The van der Waals surface area contributed by atoms with Gasteiger partial charge in [0, 0.05) is 25.6 Å². The van der Waals surface area contributed by atoms with E-state index >= 15 is 0 Å². The lowest BCUT2D eigenvalue weighted by atomic mass is 10.2. The fourth-order valence-electron chi connectivity index (χ4n) is 1.86. The molecule has 1 heterocycles. The summed E-state index contributed by atoms with van der Waals surface area (Å²) in [6.07, 6.45) is 1.37. The molecule has 0 aromatic carbocycles. The van der Waals surface area contributed by atoms with Crippen LogP contribution in [0.4, 0.5) is 0 Å². The minimum Gasteiger partial charge on any atom is -0.465 e. The van der Waals surface area contributed by atoms with Gasteiger partial charge in [0.15, 0.2) is 0 Å². The van der Waals surface area contributed by atoms with Crippen LogP contribution in [-0.2, 0) is 14.3 Å². The topological polar surface area (TPSA) is 58.6 Å². The maximum Gasteiger partial charge on any atom is 0.320 e. The number of amides is 1. The van der Waals surface area contributed by atoms with Crippen LogP contribution >= 0.6 is 0 Å². The minimum absolute atomic E-state index is 0.0600. The number of carbonyl (C=O) groups is 2. The molecule has 5 heteroatoms. The first-order valence-electron chi connectivity index (χ1n) is 5.83. The second kappa shape index (κ2) is 6.48. The Morgan fingerprint density at radius 2 is 2.31 bits per heavy atom. The van der Waals surface area contributed by atoms with E-state index in [9.17, 15) is 9.59 Å². The molecule has 0 aromatic heterocycles. The molecule has 1 aliphatic heterocycles. The number of ether oxygens (including phenoxy) is 1. The Balaban J connectivity index is 2.52. The molecule has 1 atom stereocenters. The molecule has 92 valence electrons. The predicted molar refractivity (Wildman–Crippen MR) is 59.9 cm³/mol. The number of rotatable bonds is 4. The van der Waals surface area contributed by atoms with Gasteiger partial charge in [0.05, 0.1) is 13.2 Å². The molecule has 0 aliphatic carbocycles. The van der Waals surface area contributed by atoms with Crippen molar-refractivity contribution in [2.24, 2.45) is 0 Å². The van der Waals surface area contributed by atoms with Crippen molar-refractivity contribution in [2.45, 2.75) is 32.7 Å². The third kappa shape index (κ3) is 3.81. The van der Waals surface area contributed by atoms with Crippen LogP contribution in [0.25, 0.3) is 0 Å². The predicted octanol–water partition coefficient (Wildman–Crippen LogP) is 0.150. The summed E-state index contributed by atoms with van der Waals surface area (Å²) in [5.74, 6) is -0.153. The lowest BCUT2D eigenvalue weighted by molar-refractivity contribution is -0.145. The third-order valence-electron chi connectivity index (χ3n) is 2.79. The molecule has 0 unspecified atom stereocenters. The number of esters is 1. The van der Waals surface area contributed by atoms with Crippen molar-refractivity contribution in [3.05, 3.63) is 0 Å². The Labute approximate surface area is 96.1 Å². The summed E-state index contributed by atoms with van der Waals surface area (Å²) in [4.78, 5) is 24.7. The van der Waals surface area contributed by atoms with Crippen molar-refractivity contribution in [2.75, 3.05) is 26.2 Å². The lowest BCUT2D eigenvalue weighted by Crippen LogP contribution is -2.42. The molecular formula is C11H20N2O3. The van der Waals surface area contributed by atoms with Crippen LogP contribution in [0, 0.1) is 0 Å². The summed E-state index contributed by atoms with van der Waals surface area (Å²) in [6, 6.07) is 0.232. The summed E-state index contributed by atoms with van der Waals surface area (Å²) in [6.45, 7) is 5.78. The zero-order valence-corrected chi connectivity index (χ0v) is 9.99. The Morgan fingerprint density at radius 1 is 1.56 bits per heavy atom. The molecule has 1 saturated heterocycles. The highest BCUT2D eigenvalue weighted by atomic mass is 16.5. The summed E-state index contributed by atoms with van der Waals surface area (Å²) >= 11 is 0. The molecule has 0 radical (unpaired) electrons. The van der Waals surface area contributed by atoms with E-state index in [0.29, 0.717) is 26.1 Å². The molecular weight excluding hydrogens is 208 g/mol. The Kier molecular flexibility index (Phi) is 5.25. The zero-order chi connectivity index (χ0) is 12.0. The molecule has 1 N–H and O–H groups in total. The van der Waals surface area contributed by atoms with Crippen LogP contribution < -0.4 is 5.32 Å². The fourth-order valence-corrected chi connectivity index (χ4v) is 1.86. The van der Waals surface area contributed by atoms with Crippen LogP contribution in [0.1, 0.15) is 26.7 Å². The molecule has 16 heavy (non-hydrogen) atoms. The highest BCUT2D eigenvalue weighted by Crippen LogP contribution is 2.08. The van der Waals surface area contributed by atoms with Gasteiger partial charge in [-0.2, -0.15) is 0 Å². The second-order valence-electron chi connectivity index (χ2n) is 3.89. The quantitative estimate of drug-likeness (QED) is 0.696. The van der Waals surface area contributed by atoms with E-state index in [2.05, 4.69) is 12.2 Å². The maximum atomic E-state index is 11.4. The highest BCUT2D eigenvalue weighted by molar-refractivity contribution is 5.77. The van der Waals surface area contributed by atoms with Crippen molar-refractivity contribution < 1.29 is 14.3 Å². The summed E-state index contributed by atoms with van der Waals surface area (Å²) in [5, 5.41) is 2.85. The van der Waals surface area contributed by atoms with Crippen LogP contribution in [0.2, 0.25) is 0 Å². The first-order valence-corrected chi connectivity index (χ1v) is 5.83. The average Bonchev–Trinajstić information content (AvgIpc) is 2.42. The van der Waals surface area contributed by atoms with Gasteiger partial charge >= 0.3 is 5.97 Å². The Bertz CT molecular complexity index is 256. The highest BCUT2D eigenvalue weighted by Gasteiger charge is 2.24. The van der Waals surface area contributed by atoms with Crippen LogP contribution in [-0.4, -0.2) is 49.1 Å². The zero-order valence-electron chi connectivity index (χ0n) is 9.99. The standard InChI is InChI=1S/C11H20N2O3/c1-3-9-7-12-10(14)5-6-13(9)8-11(15)16-4-2/h9H,3-8H2,1-2H3,(H,12,14)/t9-/m1/s1.